The van der Waals surface area contributed by atoms with Crippen molar-refractivity contribution in [1.82, 2.24) is 14.4 Å². The summed E-state index contributed by atoms with van der Waals surface area (Å²) in [4.78, 5) is 9.26. The lowest BCUT2D eigenvalue weighted by molar-refractivity contribution is 0.600. The van der Waals surface area contributed by atoms with Crippen LogP contribution in [0.1, 0.15) is 36.6 Å². The van der Waals surface area contributed by atoms with E-state index in [1.165, 1.54) is 0 Å². The predicted molar refractivity (Wildman–Crippen MR) is 119 cm³/mol. The molecule has 0 aliphatic heterocycles. The Bertz CT molecular complexity index is 1320. The molecule has 0 bridgehead atoms. The standard InChI is InChI=1S/C23H24N4O2S/c1-15(2)19-6-5-16(3)22(13-19)30(28,29)26-20-9-7-18(8-10-20)21-14-27-12-11-17(4)24-23(27)25-21/h5-15,26H,1-4H3. The largest absolute Gasteiger partial charge is 0.291 e. The first kappa shape index (κ1) is 20.1. The van der Waals surface area contributed by atoms with E-state index in [0.717, 1.165) is 28.1 Å². The van der Waals surface area contributed by atoms with Crippen molar-refractivity contribution in [3.05, 3.63) is 77.7 Å². The van der Waals surface area contributed by atoms with Crippen LogP contribution in [0.2, 0.25) is 0 Å². The molecular formula is C23H24N4O2S. The lowest BCUT2D eigenvalue weighted by Crippen LogP contribution is -2.14. The molecule has 0 amide bonds. The Balaban J connectivity index is 1.60. The highest BCUT2D eigenvalue weighted by atomic mass is 32.2. The summed E-state index contributed by atoms with van der Waals surface area (Å²) in [5.74, 6) is 0.887. The van der Waals surface area contributed by atoms with Crippen LogP contribution in [-0.4, -0.2) is 22.8 Å². The normalized spacial score (nSPS) is 11.9. The van der Waals surface area contributed by atoms with E-state index >= 15 is 0 Å². The number of aromatic nitrogens is 3. The van der Waals surface area contributed by atoms with Crippen LogP contribution >= 0.6 is 0 Å². The maximum absolute atomic E-state index is 13.0. The summed E-state index contributed by atoms with van der Waals surface area (Å²) in [5, 5.41) is 0. The maximum Gasteiger partial charge on any atom is 0.262 e. The number of hydrogen-bond donors (Lipinski definition) is 1. The van der Waals surface area contributed by atoms with Gasteiger partial charge in [0.1, 0.15) is 0 Å². The van der Waals surface area contributed by atoms with E-state index in [1.807, 2.05) is 67.9 Å². The molecule has 4 aromatic rings. The zero-order valence-corrected chi connectivity index (χ0v) is 18.2. The minimum Gasteiger partial charge on any atom is -0.291 e. The van der Waals surface area contributed by atoms with Gasteiger partial charge >= 0.3 is 0 Å². The number of nitrogens with one attached hydrogen (secondary N) is 1. The summed E-state index contributed by atoms with van der Waals surface area (Å²) in [5.41, 5.74) is 4.79. The topological polar surface area (TPSA) is 76.4 Å². The highest BCUT2D eigenvalue weighted by Crippen LogP contribution is 2.26. The fourth-order valence-electron chi connectivity index (χ4n) is 3.28. The second-order valence-corrected chi connectivity index (χ2v) is 9.42. The van der Waals surface area contributed by atoms with Gasteiger partial charge in [0.05, 0.1) is 10.6 Å². The Hall–Kier alpha value is -3.19. The Morgan fingerprint density at radius 1 is 0.967 bits per heavy atom. The molecule has 7 heteroatoms. The SMILES string of the molecule is Cc1ccn2cc(-c3ccc(NS(=O)(=O)c4cc(C(C)C)ccc4C)cc3)nc2n1. The van der Waals surface area contributed by atoms with Crippen molar-refractivity contribution in [3.8, 4) is 11.3 Å². The molecule has 0 saturated heterocycles. The van der Waals surface area contributed by atoms with E-state index in [9.17, 15) is 8.42 Å². The molecule has 1 N–H and O–H groups in total. The molecule has 0 fully saturated rings. The van der Waals surface area contributed by atoms with E-state index < -0.39 is 10.0 Å². The number of benzene rings is 2. The monoisotopic (exact) mass is 420 g/mol. The summed E-state index contributed by atoms with van der Waals surface area (Å²) >= 11 is 0. The van der Waals surface area contributed by atoms with Crippen molar-refractivity contribution in [2.45, 2.75) is 38.5 Å². The Labute approximate surface area is 176 Å². The number of anilines is 1. The average Bonchev–Trinajstić information content (AvgIpc) is 3.11. The number of nitrogens with zero attached hydrogens (tertiary/aromatic N) is 3. The van der Waals surface area contributed by atoms with Crippen molar-refractivity contribution in [2.24, 2.45) is 0 Å². The summed E-state index contributed by atoms with van der Waals surface area (Å²) in [6.45, 7) is 7.82. The summed E-state index contributed by atoms with van der Waals surface area (Å²) in [7, 11) is -3.68. The van der Waals surface area contributed by atoms with Crippen LogP contribution in [0.25, 0.3) is 17.0 Å². The van der Waals surface area contributed by atoms with E-state index in [4.69, 9.17) is 0 Å². The Morgan fingerprint density at radius 3 is 2.40 bits per heavy atom. The van der Waals surface area contributed by atoms with Crippen molar-refractivity contribution in [2.75, 3.05) is 4.72 Å². The van der Waals surface area contributed by atoms with Gasteiger partial charge in [-0.2, -0.15) is 0 Å². The number of imidazole rings is 1. The average molecular weight is 421 g/mol. The van der Waals surface area contributed by atoms with Crippen LogP contribution in [0.15, 0.2) is 65.8 Å². The molecule has 0 unspecified atom stereocenters. The van der Waals surface area contributed by atoms with Gasteiger partial charge in [0.2, 0.25) is 5.78 Å². The smallest absolute Gasteiger partial charge is 0.262 e. The van der Waals surface area contributed by atoms with Gasteiger partial charge in [0, 0.05) is 29.3 Å². The Kier molecular flexibility index (Phi) is 5.07. The van der Waals surface area contributed by atoms with Crippen molar-refractivity contribution >= 4 is 21.5 Å². The van der Waals surface area contributed by atoms with Crippen LogP contribution in [0.3, 0.4) is 0 Å². The van der Waals surface area contributed by atoms with Crippen molar-refractivity contribution < 1.29 is 8.42 Å². The van der Waals surface area contributed by atoms with Crippen molar-refractivity contribution in [1.29, 1.82) is 0 Å². The lowest BCUT2D eigenvalue weighted by Gasteiger charge is -2.13. The minimum atomic E-state index is -3.68. The van der Waals surface area contributed by atoms with E-state index in [-0.39, 0.29) is 5.92 Å². The first-order valence-corrected chi connectivity index (χ1v) is 11.3. The van der Waals surface area contributed by atoms with Crippen LogP contribution in [0.5, 0.6) is 0 Å². The van der Waals surface area contributed by atoms with Gasteiger partial charge in [-0.05, 0) is 55.2 Å². The first-order valence-electron chi connectivity index (χ1n) is 9.79. The molecule has 30 heavy (non-hydrogen) atoms. The summed E-state index contributed by atoms with van der Waals surface area (Å²) in [6.07, 6.45) is 3.83. The number of hydrogen-bond acceptors (Lipinski definition) is 4. The summed E-state index contributed by atoms with van der Waals surface area (Å²) < 4.78 is 30.5. The number of sulfonamides is 1. The fraction of sp³-hybridized carbons (Fsp3) is 0.217. The van der Waals surface area contributed by atoms with Crippen LogP contribution in [0, 0.1) is 13.8 Å². The van der Waals surface area contributed by atoms with Crippen LogP contribution < -0.4 is 4.72 Å². The minimum absolute atomic E-state index is 0.252. The third-order valence-corrected chi connectivity index (χ3v) is 6.59. The molecule has 0 saturated carbocycles. The molecule has 6 nitrogen and oxygen atoms in total. The van der Waals surface area contributed by atoms with Crippen molar-refractivity contribution in [3.63, 3.8) is 0 Å². The van der Waals surface area contributed by atoms with Crippen LogP contribution in [0.4, 0.5) is 5.69 Å². The zero-order chi connectivity index (χ0) is 21.5. The summed E-state index contributed by atoms with van der Waals surface area (Å²) in [6, 6.07) is 14.7. The van der Waals surface area contributed by atoms with Gasteiger partial charge < -0.3 is 0 Å². The predicted octanol–water partition coefficient (Wildman–Crippen LogP) is 4.94. The number of aryl methyl sites for hydroxylation is 2. The van der Waals surface area contributed by atoms with E-state index in [1.54, 1.807) is 25.1 Å². The molecule has 0 aliphatic carbocycles. The third kappa shape index (κ3) is 3.93. The second-order valence-electron chi connectivity index (χ2n) is 7.76. The second kappa shape index (κ2) is 7.57. The molecule has 2 heterocycles. The Morgan fingerprint density at radius 2 is 1.70 bits per heavy atom. The van der Waals surface area contributed by atoms with Gasteiger partial charge in [-0.1, -0.05) is 38.1 Å². The quantitative estimate of drug-likeness (QED) is 0.496. The molecule has 0 atom stereocenters. The molecule has 0 spiro atoms. The zero-order valence-electron chi connectivity index (χ0n) is 17.4. The molecule has 0 aliphatic rings. The lowest BCUT2D eigenvalue weighted by atomic mass is 10.0. The van der Waals surface area contributed by atoms with Gasteiger partial charge in [0.25, 0.3) is 10.0 Å². The van der Waals surface area contributed by atoms with Gasteiger partial charge in [-0.15, -0.1) is 0 Å². The highest BCUT2D eigenvalue weighted by molar-refractivity contribution is 7.92. The van der Waals surface area contributed by atoms with E-state index in [2.05, 4.69) is 14.7 Å². The molecule has 2 aromatic heterocycles. The van der Waals surface area contributed by atoms with Gasteiger partial charge in [0.15, 0.2) is 0 Å². The fourth-order valence-corrected chi connectivity index (χ4v) is 4.62. The molecule has 4 rings (SSSR count). The number of rotatable bonds is 5. The third-order valence-electron chi connectivity index (χ3n) is 5.07. The highest BCUT2D eigenvalue weighted by Gasteiger charge is 2.18. The van der Waals surface area contributed by atoms with E-state index in [0.29, 0.717) is 16.4 Å². The van der Waals surface area contributed by atoms with Crippen LogP contribution in [-0.2, 0) is 10.0 Å². The molecule has 0 radical (unpaired) electrons. The molecule has 154 valence electrons. The van der Waals surface area contributed by atoms with Gasteiger partial charge in [-0.3, -0.25) is 9.12 Å². The molecule has 2 aromatic carbocycles. The molecular weight excluding hydrogens is 396 g/mol. The first-order chi connectivity index (χ1) is 14.2. The van der Waals surface area contributed by atoms with Gasteiger partial charge in [-0.25, -0.2) is 18.4 Å². The number of fused-ring (bicyclic) bond motifs is 1. The maximum atomic E-state index is 13.0.